The van der Waals surface area contributed by atoms with Crippen LogP contribution in [0.5, 0.6) is 0 Å². The molecule has 0 radical (unpaired) electrons. The van der Waals surface area contributed by atoms with E-state index in [9.17, 15) is 0 Å². The van der Waals surface area contributed by atoms with Crippen LogP contribution in [0, 0.1) is 14.9 Å². The SMILES string of the molecule is C1CCCC1.C1CCCC1.[CH3-].[CH3-].[I][V][I]. The van der Waals surface area contributed by atoms with Crippen molar-refractivity contribution in [2.45, 2.75) is 64.2 Å². The van der Waals surface area contributed by atoms with E-state index in [2.05, 4.69) is 40.0 Å². The molecule has 0 aliphatic heterocycles. The van der Waals surface area contributed by atoms with Gasteiger partial charge in [0, 0.05) is 0 Å². The first-order chi connectivity index (χ1) is 6.41. The summed E-state index contributed by atoms with van der Waals surface area (Å²) in [5.41, 5.74) is 0. The summed E-state index contributed by atoms with van der Waals surface area (Å²) in [4.78, 5) is 0. The van der Waals surface area contributed by atoms with E-state index in [1.165, 1.54) is 64.2 Å². The van der Waals surface area contributed by atoms with E-state index in [-0.39, 0.29) is 14.9 Å². The van der Waals surface area contributed by atoms with Crippen LogP contribution in [0.4, 0.5) is 0 Å². The molecule has 2 fully saturated rings. The van der Waals surface area contributed by atoms with Gasteiger partial charge in [-0.25, -0.2) is 0 Å². The zero-order valence-corrected chi connectivity index (χ0v) is 16.0. The van der Waals surface area contributed by atoms with Gasteiger partial charge in [-0.05, 0) is 0 Å². The Kier molecular flexibility index (Phi) is 31.6. The average Bonchev–Trinajstić information content (AvgIpc) is 2.85. The van der Waals surface area contributed by atoms with E-state index in [4.69, 9.17) is 0 Å². The predicted octanol–water partition coefficient (Wildman–Crippen LogP) is 6.57. The summed E-state index contributed by atoms with van der Waals surface area (Å²) in [6, 6.07) is 0. The van der Waals surface area contributed by atoms with Crippen LogP contribution in [0.1, 0.15) is 64.2 Å². The third-order valence-corrected chi connectivity index (χ3v) is 2.50. The van der Waals surface area contributed by atoms with Crippen LogP contribution >= 0.6 is 40.0 Å². The van der Waals surface area contributed by atoms with Crippen LogP contribution in [0.3, 0.4) is 0 Å². The third kappa shape index (κ3) is 21.8. The second kappa shape index (κ2) is 21.3. The van der Waals surface area contributed by atoms with Crippen molar-refractivity contribution in [3.05, 3.63) is 14.9 Å². The van der Waals surface area contributed by atoms with Gasteiger partial charge in [0.25, 0.3) is 0 Å². The number of hydrogen-bond acceptors (Lipinski definition) is 0. The van der Waals surface area contributed by atoms with Gasteiger partial charge in [0.2, 0.25) is 0 Å². The summed E-state index contributed by atoms with van der Waals surface area (Å²) in [5.74, 6) is 0. The third-order valence-electron chi connectivity index (χ3n) is 2.50. The predicted molar refractivity (Wildman–Crippen MR) is 87.0 cm³/mol. The minimum atomic E-state index is 0. The second-order valence-electron chi connectivity index (χ2n) is 3.60. The minimum absolute atomic E-state index is 0. The standard InChI is InChI=1S/2C5H10.2CH3.2HI.V/c2*1-2-4-5-3-1;;;;;/h2*1-5H2;2*1H3;2*1H;/q;;2*-1;;;+2/p-2. The van der Waals surface area contributed by atoms with Gasteiger partial charge in [0.05, 0.1) is 0 Å². The van der Waals surface area contributed by atoms with Gasteiger partial charge in [0.1, 0.15) is 0 Å². The molecule has 2 aliphatic rings. The molecule has 0 heterocycles. The maximum absolute atomic E-state index is 2.37. The maximum atomic E-state index is 2.37. The molecule has 15 heavy (non-hydrogen) atoms. The van der Waals surface area contributed by atoms with Crippen molar-refractivity contribution in [1.82, 2.24) is 0 Å². The molecule has 0 amide bonds. The number of rotatable bonds is 0. The van der Waals surface area contributed by atoms with Gasteiger partial charge < -0.3 is 14.9 Å². The normalized spacial score (nSPS) is 16.9. The Morgan fingerprint density at radius 2 is 0.533 bits per heavy atom. The molecule has 0 atom stereocenters. The monoisotopic (exact) mass is 475 g/mol. The van der Waals surface area contributed by atoms with Crippen LogP contribution < -0.4 is 0 Å². The molecule has 0 spiro atoms. The molecule has 2 aliphatic carbocycles. The van der Waals surface area contributed by atoms with E-state index in [1.54, 1.807) is 0 Å². The van der Waals surface area contributed by atoms with Crippen molar-refractivity contribution in [3.63, 3.8) is 0 Å². The molecule has 95 valence electrons. The summed E-state index contributed by atoms with van der Waals surface area (Å²) in [7, 11) is 0.628. The van der Waals surface area contributed by atoms with Gasteiger partial charge in [-0.1, -0.05) is 64.2 Å². The zero-order chi connectivity index (χ0) is 9.78. The van der Waals surface area contributed by atoms with E-state index in [0.29, 0.717) is 9.47 Å². The van der Waals surface area contributed by atoms with Gasteiger partial charge in [-0.2, -0.15) is 0 Å². The number of halogens is 2. The van der Waals surface area contributed by atoms with Crippen LogP contribution in [0.25, 0.3) is 0 Å². The van der Waals surface area contributed by atoms with Gasteiger partial charge in [0.15, 0.2) is 0 Å². The van der Waals surface area contributed by atoms with Crippen LogP contribution in [0.2, 0.25) is 0 Å². The summed E-state index contributed by atoms with van der Waals surface area (Å²) < 4.78 is 0. The summed E-state index contributed by atoms with van der Waals surface area (Å²) in [5, 5.41) is 0. The Balaban J connectivity index is -0.000000140. The fraction of sp³-hybridized carbons (Fsp3) is 0.833. The molecule has 3 heteroatoms. The molecule has 0 nitrogen and oxygen atoms in total. The Morgan fingerprint density at radius 3 is 0.600 bits per heavy atom. The Labute approximate surface area is 127 Å². The van der Waals surface area contributed by atoms with E-state index in [0.717, 1.165) is 0 Å². The summed E-state index contributed by atoms with van der Waals surface area (Å²) >= 11 is 4.74. The molecular formula is C12H26I2V-2. The van der Waals surface area contributed by atoms with Crippen molar-refractivity contribution in [2.24, 2.45) is 0 Å². The van der Waals surface area contributed by atoms with Crippen LogP contribution in [-0.4, -0.2) is 0 Å². The molecule has 0 aromatic heterocycles. The molecule has 0 aromatic rings. The second-order valence-corrected chi connectivity index (χ2v) is 15.4. The van der Waals surface area contributed by atoms with Crippen molar-refractivity contribution in [1.29, 1.82) is 0 Å². The molecule has 0 unspecified atom stereocenters. The van der Waals surface area contributed by atoms with E-state index in [1.807, 2.05) is 0 Å². The van der Waals surface area contributed by atoms with E-state index < -0.39 is 0 Å². The molecule has 0 N–H and O–H groups in total. The van der Waals surface area contributed by atoms with Crippen molar-refractivity contribution in [2.75, 3.05) is 0 Å². The molecule has 0 saturated heterocycles. The first-order valence-electron chi connectivity index (χ1n) is 5.34. The molecule has 2 saturated carbocycles. The molecule has 0 aromatic carbocycles. The summed E-state index contributed by atoms with van der Waals surface area (Å²) in [6.45, 7) is 0. The Hall–Kier alpha value is 2.04. The quantitative estimate of drug-likeness (QED) is 0.275. The zero-order valence-electron chi connectivity index (χ0n) is 10.3. The first-order valence-corrected chi connectivity index (χ1v) is 14.4. The van der Waals surface area contributed by atoms with Crippen LogP contribution in [-0.2, 0) is 9.47 Å². The fourth-order valence-corrected chi connectivity index (χ4v) is 1.77. The molecule has 2 rings (SSSR count). The average molecular weight is 475 g/mol. The fourth-order valence-electron chi connectivity index (χ4n) is 1.77. The molecule has 0 bridgehead atoms. The van der Waals surface area contributed by atoms with E-state index >= 15 is 0 Å². The van der Waals surface area contributed by atoms with Crippen molar-refractivity contribution in [3.8, 4) is 0 Å². The summed E-state index contributed by atoms with van der Waals surface area (Å²) in [6.07, 6.45) is 15.0. The topological polar surface area (TPSA) is 0 Å². The molecular weight excluding hydrogens is 449 g/mol. The van der Waals surface area contributed by atoms with Gasteiger partial charge in [-0.3, -0.25) is 0 Å². The van der Waals surface area contributed by atoms with Crippen LogP contribution in [0.15, 0.2) is 0 Å². The van der Waals surface area contributed by atoms with Gasteiger partial charge >= 0.3 is 49.4 Å². The first kappa shape index (κ1) is 22.2. The van der Waals surface area contributed by atoms with Crippen molar-refractivity contribution >= 4 is 40.0 Å². The Bertz CT molecular complexity index is 56.5. The Morgan fingerprint density at radius 1 is 0.467 bits per heavy atom. The van der Waals surface area contributed by atoms with Crippen molar-refractivity contribution < 1.29 is 9.47 Å². The van der Waals surface area contributed by atoms with Gasteiger partial charge in [-0.15, -0.1) is 0 Å². The number of hydrogen-bond donors (Lipinski definition) is 0.